The van der Waals surface area contributed by atoms with Crippen LogP contribution in [0, 0.1) is 10.1 Å². The van der Waals surface area contributed by atoms with E-state index in [1.54, 1.807) is 5.48 Å². The van der Waals surface area contributed by atoms with Gasteiger partial charge >= 0.3 is 5.66 Å². The molecular weight excluding hydrogens is 144 g/mol. The molecule has 0 bridgehead atoms. The number of hydroxylamine groups is 1. The van der Waals surface area contributed by atoms with Gasteiger partial charge in [-0.05, 0) is 0 Å². The second-order valence-electron chi connectivity index (χ2n) is 1.88. The van der Waals surface area contributed by atoms with E-state index in [2.05, 4.69) is 4.99 Å². The smallest absolute Gasteiger partial charge is 0.318 e. The number of nitro groups is 1. The van der Waals surface area contributed by atoms with Crippen LogP contribution in [0.4, 0.5) is 0 Å². The van der Waals surface area contributed by atoms with E-state index in [0.717, 1.165) is 6.92 Å². The van der Waals surface area contributed by atoms with Gasteiger partial charge in [0.1, 0.15) is 6.61 Å². The molecule has 0 aliphatic heterocycles. The fourth-order valence-corrected chi connectivity index (χ4v) is 0.226. The van der Waals surface area contributed by atoms with Crippen LogP contribution in [-0.4, -0.2) is 27.6 Å². The third-order valence-corrected chi connectivity index (χ3v) is 0.976. The van der Waals surface area contributed by atoms with Crippen LogP contribution in [0.25, 0.3) is 0 Å². The topological polar surface area (TPSA) is 105 Å². The minimum absolute atomic E-state index is 0.777. The van der Waals surface area contributed by atoms with Crippen LogP contribution < -0.4 is 5.48 Å². The Morgan fingerprint density at radius 1 is 1.90 bits per heavy atom. The molecule has 0 saturated carbocycles. The second-order valence-corrected chi connectivity index (χ2v) is 1.88. The van der Waals surface area contributed by atoms with Crippen LogP contribution in [0.3, 0.4) is 0 Å². The van der Waals surface area contributed by atoms with Gasteiger partial charge in [0.05, 0.1) is 0 Å². The maximum absolute atomic E-state index is 10.0. The van der Waals surface area contributed by atoms with Gasteiger partial charge < -0.3 is 5.11 Å². The van der Waals surface area contributed by atoms with E-state index in [9.17, 15) is 10.1 Å². The van der Waals surface area contributed by atoms with E-state index in [-0.39, 0.29) is 0 Å². The first-order valence-corrected chi connectivity index (χ1v) is 2.40. The summed E-state index contributed by atoms with van der Waals surface area (Å²) in [6.07, 6.45) is 0. The molecule has 0 aromatic rings. The van der Waals surface area contributed by atoms with Crippen molar-refractivity contribution in [1.29, 1.82) is 0 Å². The average molecular weight is 152 g/mol. The summed E-state index contributed by atoms with van der Waals surface area (Å²) in [5.41, 5.74) is -0.238. The molecule has 0 aliphatic carbocycles. The van der Waals surface area contributed by atoms with Gasteiger partial charge in [0, 0.05) is 11.8 Å². The van der Waals surface area contributed by atoms with E-state index in [4.69, 9.17) is 10.4 Å². The van der Waals surface area contributed by atoms with Gasteiger partial charge in [0.2, 0.25) is 0 Å². The third-order valence-electron chi connectivity index (χ3n) is 0.976. The van der Waals surface area contributed by atoms with Crippen molar-refractivity contribution in [3.8, 4) is 0 Å². The van der Waals surface area contributed by atoms with Gasteiger partial charge in [-0.3, -0.25) is 10.1 Å². The van der Waals surface area contributed by atoms with Crippen molar-refractivity contribution < 1.29 is 20.3 Å². The summed E-state index contributed by atoms with van der Waals surface area (Å²) in [5.74, 6) is 0. The van der Waals surface area contributed by atoms with Crippen molar-refractivity contribution in [3.63, 3.8) is 0 Å². The Morgan fingerprint density at radius 2 is 2.40 bits per heavy atom. The van der Waals surface area contributed by atoms with E-state index < -0.39 is 17.2 Å². The Kier molecular flexibility index (Phi) is 3.16. The van der Waals surface area contributed by atoms with Crippen LogP contribution in [-0.2, 0) is 4.99 Å². The quantitative estimate of drug-likeness (QED) is 0.206. The SMILES string of the molecule is CC(CO)(NOO)[N+](=O)[O-]. The Bertz CT molecular complexity index is 128. The number of rotatable bonds is 4. The predicted molar refractivity (Wildman–Crippen MR) is 29.3 cm³/mol. The second kappa shape index (κ2) is 3.42. The lowest BCUT2D eigenvalue weighted by Gasteiger charge is -2.15. The zero-order valence-corrected chi connectivity index (χ0v) is 5.27. The molecule has 0 aromatic heterocycles. The maximum atomic E-state index is 10.0. The molecule has 7 heteroatoms. The van der Waals surface area contributed by atoms with Crippen molar-refractivity contribution in [1.82, 2.24) is 5.48 Å². The fourth-order valence-electron chi connectivity index (χ4n) is 0.226. The lowest BCUT2D eigenvalue weighted by molar-refractivity contribution is -0.601. The first-order chi connectivity index (χ1) is 4.56. The highest BCUT2D eigenvalue weighted by Crippen LogP contribution is 2.01. The van der Waals surface area contributed by atoms with Gasteiger partial charge in [-0.1, -0.05) is 5.48 Å². The van der Waals surface area contributed by atoms with Crippen LogP contribution in [0.1, 0.15) is 6.92 Å². The number of nitrogens with one attached hydrogen (secondary N) is 1. The lowest BCUT2D eigenvalue weighted by Crippen LogP contribution is -2.51. The summed E-state index contributed by atoms with van der Waals surface area (Å²) < 4.78 is 0. The van der Waals surface area contributed by atoms with E-state index in [0.29, 0.717) is 0 Å². The van der Waals surface area contributed by atoms with Crippen molar-refractivity contribution in [2.24, 2.45) is 0 Å². The predicted octanol–water partition coefficient (Wildman–Crippen LogP) is -1.03. The standard InChI is InChI=1S/C3H8N2O5/c1-3(2-6,4-10-9)5(7)8/h4,6,9H,2H2,1H3. The average Bonchev–Trinajstić information content (AvgIpc) is 1.88. The molecular formula is C3H8N2O5. The summed E-state index contributed by atoms with van der Waals surface area (Å²) >= 11 is 0. The molecule has 60 valence electrons. The van der Waals surface area contributed by atoms with Gasteiger partial charge in [-0.2, -0.15) is 0 Å². The lowest BCUT2D eigenvalue weighted by atomic mass is 10.2. The van der Waals surface area contributed by atoms with Crippen LogP contribution >= 0.6 is 0 Å². The molecule has 7 nitrogen and oxygen atoms in total. The molecule has 1 unspecified atom stereocenters. The molecule has 10 heavy (non-hydrogen) atoms. The highest BCUT2D eigenvalue weighted by atomic mass is 17.2. The number of nitrogens with zero attached hydrogens (tertiary/aromatic N) is 1. The molecule has 1 atom stereocenters. The molecule has 0 aliphatic rings. The summed E-state index contributed by atoms with van der Waals surface area (Å²) in [5, 5.41) is 26.2. The minimum Gasteiger partial charge on any atom is -0.387 e. The van der Waals surface area contributed by atoms with E-state index >= 15 is 0 Å². The molecule has 0 heterocycles. The Balaban J connectivity index is 4.08. The Labute approximate surface area is 56.3 Å². The maximum Gasteiger partial charge on any atom is 0.318 e. The zero-order valence-electron chi connectivity index (χ0n) is 5.27. The van der Waals surface area contributed by atoms with Crippen molar-refractivity contribution in [3.05, 3.63) is 10.1 Å². The summed E-state index contributed by atoms with van der Waals surface area (Å²) in [4.78, 5) is 12.5. The highest BCUT2D eigenvalue weighted by molar-refractivity contribution is 4.62. The molecule has 0 rings (SSSR count). The Hall–Kier alpha value is -0.760. The molecule has 3 N–H and O–H groups in total. The minimum atomic E-state index is -1.85. The number of aliphatic hydroxyl groups excluding tert-OH is 1. The van der Waals surface area contributed by atoms with Gasteiger partial charge in [0.15, 0.2) is 0 Å². The first kappa shape index (κ1) is 9.24. The number of aliphatic hydroxyl groups is 1. The summed E-state index contributed by atoms with van der Waals surface area (Å²) in [6.45, 7) is 0.282. The summed E-state index contributed by atoms with van der Waals surface area (Å²) in [7, 11) is 0. The molecule has 0 aromatic carbocycles. The van der Waals surface area contributed by atoms with Crippen LogP contribution in [0.2, 0.25) is 0 Å². The van der Waals surface area contributed by atoms with E-state index in [1.165, 1.54) is 0 Å². The highest BCUT2D eigenvalue weighted by Gasteiger charge is 2.36. The molecule has 0 radical (unpaired) electrons. The Morgan fingerprint density at radius 3 is 2.50 bits per heavy atom. The van der Waals surface area contributed by atoms with Crippen LogP contribution in [0.5, 0.6) is 0 Å². The van der Waals surface area contributed by atoms with Crippen molar-refractivity contribution >= 4 is 0 Å². The number of hydrogen-bond acceptors (Lipinski definition) is 6. The summed E-state index contributed by atoms with van der Waals surface area (Å²) in [6, 6.07) is 0. The molecule has 0 fully saturated rings. The van der Waals surface area contributed by atoms with Crippen LogP contribution in [0.15, 0.2) is 0 Å². The van der Waals surface area contributed by atoms with Gasteiger partial charge in [0.25, 0.3) is 0 Å². The monoisotopic (exact) mass is 152 g/mol. The zero-order chi connectivity index (χ0) is 8.20. The number of hydrogen-bond donors (Lipinski definition) is 3. The van der Waals surface area contributed by atoms with E-state index in [1.807, 2.05) is 0 Å². The third kappa shape index (κ3) is 1.88. The van der Waals surface area contributed by atoms with Gasteiger partial charge in [-0.15, -0.1) is 4.99 Å². The molecule has 0 amide bonds. The largest absolute Gasteiger partial charge is 0.387 e. The first-order valence-electron chi connectivity index (χ1n) is 2.40. The van der Waals surface area contributed by atoms with Gasteiger partial charge in [-0.25, -0.2) is 5.26 Å². The normalized spacial score (nSPS) is 16.3. The fraction of sp³-hybridized carbons (Fsp3) is 1.00. The van der Waals surface area contributed by atoms with Crippen molar-refractivity contribution in [2.45, 2.75) is 12.6 Å². The molecule has 0 saturated heterocycles. The molecule has 0 spiro atoms. The van der Waals surface area contributed by atoms with Crippen molar-refractivity contribution in [2.75, 3.05) is 6.61 Å².